The molecule has 0 fully saturated rings. The molecule has 1 aliphatic rings. The number of hydrogen-bond donors (Lipinski definition) is 1. The largest absolute Gasteiger partial charge is 0.460 e. The van der Waals surface area contributed by atoms with Crippen molar-refractivity contribution in [2.75, 3.05) is 13.7 Å². The quantitative estimate of drug-likeness (QED) is 0.502. The van der Waals surface area contributed by atoms with E-state index < -0.39 is 0 Å². The highest BCUT2D eigenvalue weighted by atomic mass is 16.5. The third kappa shape index (κ3) is 3.75. The molecule has 2 atom stereocenters. The second-order valence-corrected chi connectivity index (χ2v) is 4.30. The van der Waals surface area contributed by atoms with Crippen LogP contribution in [0.2, 0.25) is 0 Å². The van der Waals surface area contributed by atoms with Crippen LogP contribution in [0.4, 0.5) is 0 Å². The van der Waals surface area contributed by atoms with Gasteiger partial charge in [-0.05, 0) is 18.4 Å². The van der Waals surface area contributed by atoms with Crippen LogP contribution >= 0.6 is 0 Å². The Kier molecular flexibility index (Phi) is 4.85. The van der Waals surface area contributed by atoms with E-state index in [0.29, 0.717) is 6.61 Å². The van der Waals surface area contributed by atoms with Gasteiger partial charge in [-0.15, -0.1) is 0 Å². The topological polar surface area (TPSA) is 81.6 Å². The van der Waals surface area contributed by atoms with Crippen LogP contribution in [0.5, 0.6) is 0 Å². The smallest absolute Gasteiger partial charge is 0.332 e. The summed E-state index contributed by atoms with van der Waals surface area (Å²) in [6.07, 6.45) is 1.83. The van der Waals surface area contributed by atoms with Crippen LogP contribution in [-0.4, -0.2) is 25.8 Å². The molecule has 2 rings (SSSR count). The molecule has 0 spiro atoms. The van der Waals surface area contributed by atoms with Gasteiger partial charge in [0.05, 0.1) is 12.1 Å². The van der Waals surface area contributed by atoms with Crippen LogP contribution in [0.15, 0.2) is 45.7 Å². The van der Waals surface area contributed by atoms with Crippen LogP contribution in [0.25, 0.3) is 0 Å². The minimum atomic E-state index is 0.0802. The van der Waals surface area contributed by atoms with Gasteiger partial charge in [0.2, 0.25) is 0 Å². The summed E-state index contributed by atoms with van der Waals surface area (Å²) in [5.74, 6) is 4.95. The predicted octanol–water partition coefficient (Wildman–Crippen LogP) is 2.24. The van der Waals surface area contributed by atoms with Gasteiger partial charge in [0.1, 0.15) is 6.61 Å². The fraction of sp³-hybridized carbons (Fsp3) is 0.462. The number of rotatable bonds is 5. The molecular weight excluding hydrogens is 244 g/mol. The van der Waals surface area contributed by atoms with E-state index in [2.05, 4.69) is 27.5 Å². The lowest BCUT2D eigenvalue weighted by Crippen LogP contribution is -2.10. The Bertz CT molecular complexity index is 447. The Morgan fingerprint density at radius 2 is 2.26 bits per heavy atom. The number of methoxy groups -OCH3 is 1. The minimum absolute atomic E-state index is 0.0802. The first-order valence-electron chi connectivity index (χ1n) is 6.22. The van der Waals surface area contributed by atoms with E-state index in [1.165, 1.54) is 5.56 Å². The first-order chi connectivity index (χ1) is 9.33. The molecule has 0 aromatic heterocycles. The summed E-state index contributed by atoms with van der Waals surface area (Å²) in [6, 6.07) is 10.5. The van der Waals surface area contributed by atoms with Crippen LogP contribution in [0.3, 0.4) is 0 Å². The van der Waals surface area contributed by atoms with Crippen molar-refractivity contribution in [1.82, 2.24) is 0 Å². The summed E-state index contributed by atoms with van der Waals surface area (Å²) in [6.45, 7) is 0.527. The van der Waals surface area contributed by atoms with E-state index in [0.717, 1.165) is 12.8 Å². The molecule has 0 bridgehead atoms. The Morgan fingerprint density at radius 1 is 1.47 bits per heavy atom. The fourth-order valence-electron chi connectivity index (χ4n) is 2.09. The molecule has 2 N–H and O–H groups in total. The van der Waals surface area contributed by atoms with Crippen molar-refractivity contribution in [2.24, 2.45) is 21.2 Å². The standard InChI is InChI=1S/C13H18N4O2/c1-18-12(10-5-3-2-4-6-10)8-7-11-9-19-13(15-11)16-17-14/h2-6,11-12H,7-9H2,1H3,(H2,14,15,16)/t11-,12?/m0/s1. The molecule has 6 nitrogen and oxygen atoms in total. The molecule has 1 aromatic rings. The van der Waals surface area contributed by atoms with Crippen molar-refractivity contribution in [1.29, 1.82) is 0 Å². The Morgan fingerprint density at radius 3 is 2.95 bits per heavy atom. The van der Waals surface area contributed by atoms with Gasteiger partial charge >= 0.3 is 6.02 Å². The first-order valence-corrected chi connectivity index (χ1v) is 6.22. The Hall–Kier alpha value is -1.95. The van der Waals surface area contributed by atoms with E-state index in [9.17, 15) is 0 Å². The summed E-state index contributed by atoms with van der Waals surface area (Å²) in [7, 11) is 1.72. The number of nitrogens with zero attached hydrogens (tertiary/aromatic N) is 3. The summed E-state index contributed by atoms with van der Waals surface area (Å²) in [4.78, 5) is 4.28. The highest BCUT2D eigenvalue weighted by molar-refractivity contribution is 5.75. The van der Waals surface area contributed by atoms with E-state index in [1.54, 1.807) is 7.11 Å². The summed E-state index contributed by atoms with van der Waals surface area (Å²) >= 11 is 0. The van der Waals surface area contributed by atoms with Crippen molar-refractivity contribution < 1.29 is 9.47 Å². The molecular formula is C13H18N4O2. The van der Waals surface area contributed by atoms with Crippen LogP contribution in [0, 0.1) is 0 Å². The van der Waals surface area contributed by atoms with Gasteiger partial charge in [-0.1, -0.05) is 40.7 Å². The lowest BCUT2D eigenvalue weighted by molar-refractivity contribution is 0.0911. The number of benzene rings is 1. The average Bonchev–Trinajstić information content (AvgIpc) is 2.89. The summed E-state index contributed by atoms with van der Waals surface area (Å²) in [5, 5.41) is 6.73. The molecule has 1 unspecified atom stereocenters. The van der Waals surface area contributed by atoms with Gasteiger partial charge in [-0.2, -0.15) is 0 Å². The monoisotopic (exact) mass is 262 g/mol. The maximum absolute atomic E-state index is 5.52. The SMILES string of the molecule is COC(CC[C@H]1COC(N=NN)=N1)c1ccccc1. The van der Waals surface area contributed by atoms with E-state index in [1.807, 2.05) is 18.2 Å². The van der Waals surface area contributed by atoms with Gasteiger partial charge in [-0.3, -0.25) is 0 Å². The second-order valence-electron chi connectivity index (χ2n) is 4.30. The maximum atomic E-state index is 5.52. The number of hydrogen-bond acceptors (Lipinski definition) is 5. The van der Waals surface area contributed by atoms with Crippen LogP contribution < -0.4 is 5.84 Å². The van der Waals surface area contributed by atoms with Gasteiger partial charge in [-0.25, -0.2) is 4.99 Å². The molecule has 1 aliphatic heterocycles. The normalized spacial score (nSPS) is 20.3. The van der Waals surface area contributed by atoms with Crippen molar-refractivity contribution in [3.8, 4) is 0 Å². The molecule has 1 heterocycles. The highest BCUT2D eigenvalue weighted by Gasteiger charge is 2.20. The minimum Gasteiger partial charge on any atom is -0.460 e. The third-order valence-electron chi connectivity index (χ3n) is 3.06. The van der Waals surface area contributed by atoms with E-state index in [-0.39, 0.29) is 18.2 Å². The average molecular weight is 262 g/mol. The van der Waals surface area contributed by atoms with Gasteiger partial charge in [0.25, 0.3) is 0 Å². The van der Waals surface area contributed by atoms with Gasteiger partial charge in [0, 0.05) is 7.11 Å². The van der Waals surface area contributed by atoms with E-state index in [4.69, 9.17) is 15.3 Å². The number of aliphatic imine (C=N–C) groups is 1. The van der Waals surface area contributed by atoms with Crippen LogP contribution in [-0.2, 0) is 9.47 Å². The zero-order valence-electron chi connectivity index (χ0n) is 10.9. The number of amidine groups is 1. The van der Waals surface area contributed by atoms with Crippen molar-refractivity contribution in [2.45, 2.75) is 25.0 Å². The van der Waals surface area contributed by atoms with Crippen LogP contribution in [0.1, 0.15) is 24.5 Å². The predicted molar refractivity (Wildman–Crippen MR) is 71.6 cm³/mol. The summed E-state index contributed by atoms with van der Waals surface area (Å²) < 4.78 is 10.8. The maximum Gasteiger partial charge on any atom is 0.332 e. The van der Waals surface area contributed by atoms with Crippen molar-refractivity contribution in [3.63, 3.8) is 0 Å². The molecule has 102 valence electrons. The fourth-order valence-corrected chi connectivity index (χ4v) is 2.09. The van der Waals surface area contributed by atoms with Crippen molar-refractivity contribution >= 4 is 6.02 Å². The Labute approximate surface area is 112 Å². The highest BCUT2D eigenvalue weighted by Crippen LogP contribution is 2.24. The Balaban J connectivity index is 1.88. The van der Waals surface area contributed by atoms with Crippen molar-refractivity contribution in [3.05, 3.63) is 35.9 Å². The number of nitrogens with two attached hydrogens (primary N) is 1. The zero-order valence-corrected chi connectivity index (χ0v) is 10.9. The van der Waals surface area contributed by atoms with Gasteiger partial charge in [0.15, 0.2) is 0 Å². The molecule has 0 saturated heterocycles. The molecule has 1 aromatic carbocycles. The lowest BCUT2D eigenvalue weighted by atomic mass is 10.0. The molecule has 0 radical (unpaired) electrons. The molecule has 0 amide bonds. The molecule has 0 saturated carbocycles. The first kappa shape index (κ1) is 13.5. The third-order valence-corrected chi connectivity index (χ3v) is 3.06. The zero-order chi connectivity index (χ0) is 13.5. The molecule has 19 heavy (non-hydrogen) atoms. The van der Waals surface area contributed by atoms with Gasteiger partial charge < -0.3 is 15.3 Å². The lowest BCUT2D eigenvalue weighted by Gasteiger charge is -2.16. The molecule has 0 aliphatic carbocycles. The molecule has 6 heteroatoms. The van der Waals surface area contributed by atoms with E-state index >= 15 is 0 Å². The number of ether oxygens (including phenoxy) is 2. The summed E-state index contributed by atoms with van der Waals surface area (Å²) in [5.41, 5.74) is 1.18. The second kappa shape index (κ2) is 6.84.